The Morgan fingerprint density at radius 1 is 0.853 bits per heavy atom. The summed E-state index contributed by atoms with van der Waals surface area (Å²) in [6, 6.07) is 21.9. The van der Waals surface area contributed by atoms with Gasteiger partial charge in [-0.3, -0.25) is 0 Å². The molecule has 5 heteroatoms. The number of aryl methyl sites for hydroxylation is 1. The minimum absolute atomic E-state index is 0.609. The highest BCUT2D eigenvalue weighted by Crippen LogP contribution is 2.44. The van der Waals surface area contributed by atoms with E-state index in [0.717, 1.165) is 71.0 Å². The van der Waals surface area contributed by atoms with Crippen LogP contribution in [0.4, 0.5) is 0 Å². The van der Waals surface area contributed by atoms with E-state index >= 15 is 0 Å². The van der Waals surface area contributed by atoms with Crippen LogP contribution in [0.15, 0.2) is 66.7 Å². The number of rotatable bonds is 10. The lowest BCUT2D eigenvalue weighted by Crippen LogP contribution is -2.20. The van der Waals surface area contributed by atoms with Gasteiger partial charge in [0.1, 0.15) is 30.0 Å². The SMILES string of the molecule is CCNCCOc1ccc(C(O)C2=C(c3ccc(OC)cc3)CCc3cc(OC)ccc32)cc1. The number of likely N-dealkylation sites (N-methyl/N-ethyl adjacent to an activating group) is 1. The molecule has 1 unspecified atom stereocenters. The number of fused-ring (bicyclic) bond motifs is 1. The fraction of sp³-hybridized carbons (Fsp3) is 0.310. The van der Waals surface area contributed by atoms with Crippen molar-refractivity contribution in [3.63, 3.8) is 0 Å². The van der Waals surface area contributed by atoms with E-state index < -0.39 is 6.10 Å². The molecular weight excluding hydrogens is 426 g/mol. The van der Waals surface area contributed by atoms with Crippen molar-refractivity contribution in [3.05, 3.63) is 89.0 Å². The largest absolute Gasteiger partial charge is 0.497 e. The first-order chi connectivity index (χ1) is 16.6. The molecule has 0 saturated carbocycles. The van der Waals surface area contributed by atoms with Gasteiger partial charge in [-0.2, -0.15) is 0 Å². The van der Waals surface area contributed by atoms with E-state index in [4.69, 9.17) is 14.2 Å². The highest BCUT2D eigenvalue weighted by molar-refractivity contribution is 5.95. The maximum absolute atomic E-state index is 11.6. The number of methoxy groups -OCH3 is 2. The van der Waals surface area contributed by atoms with Crippen molar-refractivity contribution < 1.29 is 19.3 Å². The van der Waals surface area contributed by atoms with Gasteiger partial charge in [-0.25, -0.2) is 0 Å². The summed E-state index contributed by atoms with van der Waals surface area (Å²) in [5, 5.41) is 14.9. The summed E-state index contributed by atoms with van der Waals surface area (Å²) in [6.07, 6.45) is 0.966. The Bertz CT molecular complexity index is 1120. The van der Waals surface area contributed by atoms with Crippen molar-refractivity contribution in [2.45, 2.75) is 25.9 Å². The summed E-state index contributed by atoms with van der Waals surface area (Å²) in [5.41, 5.74) is 6.28. The van der Waals surface area contributed by atoms with Crippen LogP contribution in [-0.4, -0.2) is 39.0 Å². The molecule has 34 heavy (non-hydrogen) atoms. The highest BCUT2D eigenvalue weighted by atomic mass is 16.5. The van der Waals surface area contributed by atoms with Gasteiger partial charge in [-0.05, 0) is 89.2 Å². The fourth-order valence-electron chi connectivity index (χ4n) is 4.46. The number of allylic oxidation sites excluding steroid dienone is 1. The zero-order valence-corrected chi connectivity index (χ0v) is 20.1. The van der Waals surface area contributed by atoms with Crippen molar-refractivity contribution in [1.82, 2.24) is 5.32 Å². The molecule has 0 bridgehead atoms. The van der Waals surface area contributed by atoms with Gasteiger partial charge in [0.25, 0.3) is 0 Å². The molecule has 178 valence electrons. The lowest BCUT2D eigenvalue weighted by Gasteiger charge is -2.28. The first kappa shape index (κ1) is 23.9. The molecule has 5 nitrogen and oxygen atoms in total. The third-order valence-corrected chi connectivity index (χ3v) is 6.28. The van der Waals surface area contributed by atoms with Crippen molar-refractivity contribution in [2.75, 3.05) is 33.9 Å². The molecule has 0 radical (unpaired) electrons. The van der Waals surface area contributed by atoms with Crippen molar-refractivity contribution in [3.8, 4) is 17.2 Å². The molecule has 1 aliphatic carbocycles. The van der Waals surface area contributed by atoms with Gasteiger partial charge in [0, 0.05) is 6.54 Å². The molecule has 4 rings (SSSR count). The van der Waals surface area contributed by atoms with Crippen molar-refractivity contribution in [1.29, 1.82) is 0 Å². The molecular formula is C29H33NO4. The molecule has 0 amide bonds. The third kappa shape index (κ3) is 5.27. The minimum atomic E-state index is -0.764. The Hall–Kier alpha value is -3.28. The van der Waals surface area contributed by atoms with Gasteiger partial charge >= 0.3 is 0 Å². The zero-order valence-electron chi connectivity index (χ0n) is 20.1. The highest BCUT2D eigenvalue weighted by Gasteiger charge is 2.27. The van der Waals surface area contributed by atoms with Crippen LogP contribution in [0.25, 0.3) is 11.1 Å². The van der Waals surface area contributed by atoms with Gasteiger partial charge in [0.15, 0.2) is 0 Å². The predicted octanol–water partition coefficient (Wildman–Crippen LogP) is 5.28. The number of hydrogen-bond donors (Lipinski definition) is 2. The Kier molecular flexibility index (Phi) is 7.88. The molecule has 0 aromatic heterocycles. The predicted molar refractivity (Wildman–Crippen MR) is 137 cm³/mol. The monoisotopic (exact) mass is 459 g/mol. The molecule has 0 saturated heterocycles. The number of ether oxygens (including phenoxy) is 3. The number of aliphatic hydroxyl groups excluding tert-OH is 1. The van der Waals surface area contributed by atoms with Crippen LogP contribution < -0.4 is 19.5 Å². The molecule has 2 N–H and O–H groups in total. The Balaban J connectivity index is 1.70. The topological polar surface area (TPSA) is 60.0 Å². The van der Waals surface area contributed by atoms with Crippen molar-refractivity contribution >= 4 is 11.1 Å². The van der Waals surface area contributed by atoms with E-state index in [1.54, 1.807) is 14.2 Å². The summed E-state index contributed by atoms with van der Waals surface area (Å²) >= 11 is 0. The summed E-state index contributed by atoms with van der Waals surface area (Å²) in [5.74, 6) is 2.45. The van der Waals surface area contributed by atoms with E-state index in [1.165, 1.54) is 5.56 Å². The van der Waals surface area contributed by atoms with E-state index in [0.29, 0.717) is 6.61 Å². The number of nitrogens with one attached hydrogen (secondary N) is 1. The molecule has 3 aromatic rings. The second-order valence-electron chi connectivity index (χ2n) is 8.32. The average molecular weight is 460 g/mol. The smallest absolute Gasteiger partial charge is 0.119 e. The molecule has 1 aliphatic rings. The molecule has 3 aromatic carbocycles. The van der Waals surface area contributed by atoms with Crippen LogP contribution in [0.5, 0.6) is 17.2 Å². The minimum Gasteiger partial charge on any atom is -0.497 e. The summed E-state index contributed by atoms with van der Waals surface area (Å²) in [7, 11) is 3.35. The summed E-state index contributed by atoms with van der Waals surface area (Å²) < 4.78 is 16.6. The Labute approximate surface area is 202 Å². The maximum atomic E-state index is 11.6. The second-order valence-corrected chi connectivity index (χ2v) is 8.32. The summed E-state index contributed by atoms with van der Waals surface area (Å²) in [6.45, 7) is 4.41. The molecule has 0 spiro atoms. The van der Waals surface area contributed by atoms with Crippen LogP contribution in [0.3, 0.4) is 0 Å². The number of hydrogen-bond acceptors (Lipinski definition) is 5. The lowest BCUT2D eigenvalue weighted by atomic mass is 9.79. The Morgan fingerprint density at radius 2 is 1.53 bits per heavy atom. The van der Waals surface area contributed by atoms with Gasteiger partial charge in [-0.1, -0.05) is 37.3 Å². The maximum Gasteiger partial charge on any atom is 0.119 e. The third-order valence-electron chi connectivity index (χ3n) is 6.28. The fourth-order valence-corrected chi connectivity index (χ4v) is 4.46. The second kappa shape index (κ2) is 11.2. The average Bonchev–Trinajstić information content (AvgIpc) is 2.90. The lowest BCUT2D eigenvalue weighted by molar-refractivity contribution is 0.238. The Morgan fingerprint density at radius 3 is 2.21 bits per heavy atom. The van der Waals surface area contributed by atoms with E-state index in [-0.39, 0.29) is 0 Å². The summed E-state index contributed by atoms with van der Waals surface area (Å²) in [4.78, 5) is 0. The van der Waals surface area contributed by atoms with Crippen LogP contribution in [0, 0.1) is 0 Å². The first-order valence-corrected chi connectivity index (χ1v) is 11.8. The van der Waals surface area contributed by atoms with Crippen molar-refractivity contribution in [2.24, 2.45) is 0 Å². The van der Waals surface area contributed by atoms with E-state index in [9.17, 15) is 5.11 Å². The zero-order chi connectivity index (χ0) is 23.9. The molecule has 1 atom stereocenters. The van der Waals surface area contributed by atoms with E-state index in [2.05, 4.69) is 36.5 Å². The van der Waals surface area contributed by atoms with E-state index in [1.807, 2.05) is 42.5 Å². The quantitative estimate of drug-likeness (QED) is 0.404. The van der Waals surface area contributed by atoms with Crippen LogP contribution in [-0.2, 0) is 6.42 Å². The van der Waals surface area contributed by atoms with Crippen LogP contribution in [0.2, 0.25) is 0 Å². The standard InChI is InChI=1S/C29H33NO4/c1-4-30-17-18-34-24-12-7-21(8-13-24)29(31)28-26(20-5-10-23(32-2)11-6-20)15-9-22-19-25(33-3)14-16-27(22)28/h5-8,10-14,16,19,29-31H,4,9,15,17-18H2,1-3H3. The van der Waals surface area contributed by atoms with Gasteiger partial charge in [0.05, 0.1) is 14.2 Å². The molecule has 0 aliphatic heterocycles. The normalized spacial score (nSPS) is 13.9. The van der Waals surface area contributed by atoms with Crippen LogP contribution in [0.1, 0.15) is 41.7 Å². The first-order valence-electron chi connectivity index (χ1n) is 11.8. The van der Waals surface area contributed by atoms with Gasteiger partial charge < -0.3 is 24.6 Å². The van der Waals surface area contributed by atoms with Gasteiger partial charge in [0.2, 0.25) is 0 Å². The number of aliphatic hydroxyl groups is 1. The molecule has 0 fully saturated rings. The van der Waals surface area contributed by atoms with Crippen LogP contribution >= 0.6 is 0 Å². The number of benzene rings is 3. The van der Waals surface area contributed by atoms with Gasteiger partial charge in [-0.15, -0.1) is 0 Å². The molecule has 0 heterocycles.